The van der Waals surface area contributed by atoms with Crippen molar-refractivity contribution < 1.29 is 27.1 Å². The lowest BCUT2D eigenvalue weighted by Crippen LogP contribution is -2.23. The van der Waals surface area contributed by atoms with Crippen molar-refractivity contribution in [2.45, 2.75) is 16.3 Å². The first-order valence-corrected chi connectivity index (χ1v) is 9.58. The van der Waals surface area contributed by atoms with E-state index in [0.717, 1.165) is 22.9 Å². The summed E-state index contributed by atoms with van der Waals surface area (Å²) in [4.78, 5) is 10.5. The summed E-state index contributed by atoms with van der Waals surface area (Å²) in [5.41, 5.74) is -0.168. The van der Waals surface area contributed by atoms with E-state index in [2.05, 4.69) is 10.4 Å². The summed E-state index contributed by atoms with van der Waals surface area (Å²) in [6, 6.07) is 11.3. The van der Waals surface area contributed by atoms with Gasteiger partial charge in [0, 0.05) is 19.0 Å². The molecule has 2 N–H and O–H groups in total. The standard InChI is InChI=1S/C18H15F2N3O4S/c19-12-6-7-15(20)16(10-12)23-17(11-13(22-23)8-9-21-18(24)25)28(26,27)14-4-2-1-3-5-14/h1-7,10-11,21H,8-9H2,(H,24,25). The second kappa shape index (κ2) is 7.77. The van der Waals surface area contributed by atoms with E-state index in [-0.39, 0.29) is 34.3 Å². The van der Waals surface area contributed by atoms with Gasteiger partial charge in [-0.3, -0.25) is 0 Å². The first-order chi connectivity index (χ1) is 13.3. The highest BCUT2D eigenvalue weighted by molar-refractivity contribution is 7.91. The van der Waals surface area contributed by atoms with Crippen LogP contribution in [0.15, 0.2) is 64.5 Å². The topological polar surface area (TPSA) is 101 Å². The Balaban J connectivity index is 2.13. The molecule has 1 amide bonds. The van der Waals surface area contributed by atoms with Gasteiger partial charge in [-0.1, -0.05) is 18.2 Å². The molecule has 0 aliphatic rings. The van der Waals surface area contributed by atoms with Crippen LogP contribution in [0.4, 0.5) is 13.6 Å². The minimum Gasteiger partial charge on any atom is -0.465 e. The molecule has 0 aliphatic heterocycles. The summed E-state index contributed by atoms with van der Waals surface area (Å²) in [5, 5.41) is 14.5. The second-order valence-electron chi connectivity index (χ2n) is 5.78. The number of carboxylic acid groups (broad SMARTS) is 1. The van der Waals surface area contributed by atoms with Crippen LogP contribution in [0.1, 0.15) is 5.69 Å². The number of rotatable bonds is 6. The maximum Gasteiger partial charge on any atom is 0.404 e. The highest BCUT2D eigenvalue weighted by Gasteiger charge is 2.26. The summed E-state index contributed by atoms with van der Waals surface area (Å²) < 4.78 is 54.8. The highest BCUT2D eigenvalue weighted by Crippen LogP contribution is 2.26. The fourth-order valence-corrected chi connectivity index (χ4v) is 3.98. The van der Waals surface area contributed by atoms with Crippen molar-refractivity contribution in [1.29, 1.82) is 0 Å². The molecule has 0 spiro atoms. The van der Waals surface area contributed by atoms with E-state index in [4.69, 9.17) is 5.11 Å². The Morgan fingerprint density at radius 1 is 1.11 bits per heavy atom. The van der Waals surface area contributed by atoms with Gasteiger partial charge in [0.25, 0.3) is 0 Å². The van der Waals surface area contributed by atoms with Gasteiger partial charge in [0.2, 0.25) is 9.84 Å². The molecule has 0 saturated heterocycles. The highest BCUT2D eigenvalue weighted by atomic mass is 32.2. The molecule has 0 radical (unpaired) electrons. The molecule has 28 heavy (non-hydrogen) atoms. The number of benzene rings is 2. The average molecular weight is 407 g/mol. The molecular formula is C18H15F2N3O4S. The fraction of sp³-hybridized carbons (Fsp3) is 0.111. The Morgan fingerprint density at radius 2 is 1.82 bits per heavy atom. The quantitative estimate of drug-likeness (QED) is 0.654. The van der Waals surface area contributed by atoms with Crippen LogP contribution < -0.4 is 5.32 Å². The molecule has 2 aromatic carbocycles. The second-order valence-corrected chi connectivity index (χ2v) is 7.68. The normalized spacial score (nSPS) is 11.4. The third-order valence-corrected chi connectivity index (χ3v) is 5.58. The lowest BCUT2D eigenvalue weighted by molar-refractivity contribution is 0.194. The molecule has 10 heteroatoms. The van der Waals surface area contributed by atoms with Gasteiger partial charge in [-0.25, -0.2) is 26.7 Å². The molecule has 0 saturated carbocycles. The van der Waals surface area contributed by atoms with Gasteiger partial charge in [0.1, 0.15) is 17.3 Å². The molecule has 0 atom stereocenters. The van der Waals surface area contributed by atoms with Gasteiger partial charge >= 0.3 is 6.09 Å². The van der Waals surface area contributed by atoms with Crippen LogP contribution >= 0.6 is 0 Å². The fourth-order valence-electron chi connectivity index (χ4n) is 2.56. The Morgan fingerprint density at radius 3 is 2.50 bits per heavy atom. The summed E-state index contributed by atoms with van der Waals surface area (Å²) in [5.74, 6) is -1.62. The van der Waals surface area contributed by atoms with Gasteiger partial charge in [-0.05, 0) is 30.3 Å². The van der Waals surface area contributed by atoms with E-state index >= 15 is 0 Å². The predicted molar refractivity (Wildman–Crippen MR) is 95.1 cm³/mol. The van der Waals surface area contributed by atoms with Gasteiger partial charge < -0.3 is 10.4 Å². The van der Waals surface area contributed by atoms with Crippen LogP contribution in [0.25, 0.3) is 5.69 Å². The summed E-state index contributed by atoms with van der Waals surface area (Å²) in [6.45, 7) is -0.0250. The van der Waals surface area contributed by atoms with E-state index in [1.54, 1.807) is 6.07 Å². The van der Waals surface area contributed by atoms with Gasteiger partial charge in [0.05, 0.1) is 10.6 Å². The van der Waals surface area contributed by atoms with E-state index in [0.29, 0.717) is 0 Å². The molecule has 0 aliphatic carbocycles. The van der Waals surface area contributed by atoms with Crippen LogP contribution in [0.5, 0.6) is 0 Å². The molecule has 7 nitrogen and oxygen atoms in total. The molecule has 3 rings (SSSR count). The van der Waals surface area contributed by atoms with Gasteiger partial charge in [-0.2, -0.15) is 5.10 Å². The molecule has 0 fully saturated rings. The molecule has 1 heterocycles. The smallest absolute Gasteiger partial charge is 0.404 e. The van der Waals surface area contributed by atoms with E-state index < -0.39 is 27.6 Å². The SMILES string of the molecule is O=C(O)NCCc1cc(S(=O)(=O)c2ccccc2)n(-c2cc(F)ccc2F)n1. The molecule has 3 aromatic rings. The van der Waals surface area contributed by atoms with Crippen molar-refractivity contribution in [2.75, 3.05) is 6.54 Å². The molecule has 146 valence electrons. The van der Waals surface area contributed by atoms with E-state index in [9.17, 15) is 22.0 Å². The number of halogens is 2. The van der Waals surface area contributed by atoms with Crippen molar-refractivity contribution >= 4 is 15.9 Å². The first-order valence-electron chi connectivity index (χ1n) is 8.10. The Hall–Kier alpha value is -3.27. The Labute approximate surface area is 159 Å². The zero-order valence-electron chi connectivity index (χ0n) is 14.3. The van der Waals surface area contributed by atoms with Crippen LogP contribution in [0.2, 0.25) is 0 Å². The van der Waals surface area contributed by atoms with Crippen molar-refractivity contribution in [3.63, 3.8) is 0 Å². The van der Waals surface area contributed by atoms with Gasteiger partial charge in [-0.15, -0.1) is 0 Å². The van der Waals surface area contributed by atoms with Gasteiger partial charge in [0.15, 0.2) is 5.03 Å². The Bertz CT molecular complexity index is 1120. The van der Waals surface area contributed by atoms with Crippen molar-refractivity contribution in [3.8, 4) is 5.69 Å². The van der Waals surface area contributed by atoms with Crippen molar-refractivity contribution in [3.05, 3.63) is 71.9 Å². The largest absolute Gasteiger partial charge is 0.465 e. The third kappa shape index (κ3) is 4.01. The number of sulfone groups is 1. The summed E-state index contributed by atoms with van der Waals surface area (Å²) in [6.07, 6.45) is -1.18. The lowest BCUT2D eigenvalue weighted by atomic mass is 10.3. The Kier molecular flexibility index (Phi) is 5.41. The van der Waals surface area contributed by atoms with Crippen LogP contribution in [0.3, 0.4) is 0 Å². The van der Waals surface area contributed by atoms with Crippen LogP contribution in [-0.2, 0) is 16.3 Å². The average Bonchev–Trinajstić information content (AvgIpc) is 3.09. The number of nitrogens with one attached hydrogen (secondary N) is 1. The summed E-state index contributed by atoms with van der Waals surface area (Å²) >= 11 is 0. The molecule has 0 unspecified atom stereocenters. The minimum atomic E-state index is -4.09. The number of nitrogens with zero attached hydrogens (tertiary/aromatic N) is 2. The summed E-state index contributed by atoms with van der Waals surface area (Å²) in [7, 11) is -4.09. The first kappa shape index (κ1) is 19.5. The van der Waals surface area contributed by atoms with Crippen LogP contribution in [-0.4, -0.2) is 35.9 Å². The minimum absolute atomic E-state index is 0.0250. The number of amides is 1. The van der Waals surface area contributed by atoms with Crippen molar-refractivity contribution in [2.24, 2.45) is 0 Å². The zero-order valence-corrected chi connectivity index (χ0v) is 15.2. The van der Waals surface area contributed by atoms with Crippen LogP contribution in [0, 0.1) is 11.6 Å². The maximum atomic E-state index is 14.3. The zero-order chi connectivity index (χ0) is 20.3. The number of aromatic nitrogens is 2. The monoisotopic (exact) mass is 407 g/mol. The lowest BCUT2D eigenvalue weighted by Gasteiger charge is -2.09. The van der Waals surface area contributed by atoms with E-state index in [1.165, 1.54) is 30.3 Å². The number of hydrogen-bond donors (Lipinski definition) is 2. The maximum absolute atomic E-state index is 14.3. The van der Waals surface area contributed by atoms with E-state index in [1.807, 2.05) is 0 Å². The third-order valence-electron chi connectivity index (χ3n) is 3.85. The number of hydrogen-bond acceptors (Lipinski definition) is 4. The number of carbonyl (C=O) groups is 1. The van der Waals surface area contributed by atoms with Crippen molar-refractivity contribution in [1.82, 2.24) is 15.1 Å². The molecule has 1 aromatic heterocycles. The predicted octanol–water partition coefficient (Wildman–Crippen LogP) is 2.79. The molecule has 0 bridgehead atoms. The molecular weight excluding hydrogens is 392 g/mol.